The van der Waals surface area contributed by atoms with Crippen LogP contribution >= 0.6 is 0 Å². The van der Waals surface area contributed by atoms with Crippen LogP contribution in [0.5, 0.6) is 0 Å². The van der Waals surface area contributed by atoms with Gasteiger partial charge in [0.25, 0.3) is 0 Å². The van der Waals surface area contributed by atoms with Crippen LogP contribution < -0.4 is 11.1 Å². The van der Waals surface area contributed by atoms with Gasteiger partial charge in [-0.25, -0.2) is 15.0 Å². The van der Waals surface area contributed by atoms with Crippen LogP contribution in [0.15, 0.2) is 36.7 Å². The molecule has 2 aromatic heterocycles. The Labute approximate surface area is 146 Å². The van der Waals surface area contributed by atoms with Gasteiger partial charge in [-0.15, -0.1) is 0 Å². The van der Waals surface area contributed by atoms with Crippen molar-refractivity contribution in [2.75, 3.05) is 18.5 Å². The summed E-state index contributed by atoms with van der Waals surface area (Å²) >= 11 is 0. The van der Waals surface area contributed by atoms with Gasteiger partial charge in [0.1, 0.15) is 11.3 Å². The van der Waals surface area contributed by atoms with E-state index in [4.69, 9.17) is 5.73 Å². The minimum atomic E-state index is -0.294. The van der Waals surface area contributed by atoms with E-state index in [-0.39, 0.29) is 25.1 Å². The van der Waals surface area contributed by atoms with Gasteiger partial charge in [0.05, 0.1) is 18.9 Å². The number of imidazole rings is 1. The smallest absolute Gasteiger partial charge is 0.166 e. The minimum Gasteiger partial charge on any atom is -0.396 e. The fourth-order valence-electron chi connectivity index (χ4n) is 2.66. The van der Waals surface area contributed by atoms with Crippen molar-refractivity contribution in [3.8, 4) is 0 Å². The number of aliphatic hydroxyl groups excluding tert-OH is 1. The first-order valence-corrected chi connectivity index (χ1v) is 8.47. The summed E-state index contributed by atoms with van der Waals surface area (Å²) in [6.45, 7) is 4.98. The highest BCUT2D eigenvalue weighted by Gasteiger charge is 2.19. The van der Waals surface area contributed by atoms with Crippen LogP contribution in [0.3, 0.4) is 0 Å². The molecule has 0 radical (unpaired) electrons. The molecule has 0 fully saturated rings. The standard InChI is InChI=1S/C18H24N6O/c1-12(2)24-11-21-15-17(20-9-13-6-4-3-5-7-13)22-16(23-18(15)24)14(8-19)10-25/h3-7,11-12,14,25H,8-10,19H2,1-2H3,(H,20,22,23)/t14-/m0/s1. The highest BCUT2D eigenvalue weighted by Crippen LogP contribution is 2.24. The van der Waals surface area contributed by atoms with E-state index >= 15 is 0 Å². The van der Waals surface area contributed by atoms with Crippen LogP contribution in [-0.2, 0) is 6.54 Å². The molecule has 0 aliphatic rings. The Morgan fingerprint density at radius 2 is 1.96 bits per heavy atom. The lowest BCUT2D eigenvalue weighted by molar-refractivity contribution is 0.263. The summed E-state index contributed by atoms with van der Waals surface area (Å²) in [4.78, 5) is 13.7. The van der Waals surface area contributed by atoms with Gasteiger partial charge in [0.15, 0.2) is 11.5 Å². The monoisotopic (exact) mass is 340 g/mol. The molecule has 0 saturated carbocycles. The molecule has 7 nitrogen and oxygen atoms in total. The number of fused-ring (bicyclic) bond motifs is 1. The van der Waals surface area contributed by atoms with Crippen molar-refractivity contribution in [3.05, 3.63) is 48.0 Å². The van der Waals surface area contributed by atoms with Gasteiger partial charge in [0.2, 0.25) is 0 Å². The second-order valence-corrected chi connectivity index (χ2v) is 6.30. The lowest BCUT2D eigenvalue weighted by Gasteiger charge is -2.14. The molecule has 3 rings (SSSR count). The van der Waals surface area contributed by atoms with Gasteiger partial charge in [-0.3, -0.25) is 0 Å². The van der Waals surface area contributed by atoms with E-state index in [1.165, 1.54) is 0 Å². The summed E-state index contributed by atoms with van der Waals surface area (Å²) in [6, 6.07) is 10.3. The van der Waals surface area contributed by atoms with Crippen molar-refractivity contribution < 1.29 is 5.11 Å². The van der Waals surface area contributed by atoms with E-state index < -0.39 is 0 Å². The molecule has 0 saturated heterocycles. The third-order valence-corrected chi connectivity index (χ3v) is 4.17. The Morgan fingerprint density at radius 3 is 2.60 bits per heavy atom. The van der Waals surface area contributed by atoms with E-state index in [9.17, 15) is 5.11 Å². The van der Waals surface area contributed by atoms with E-state index in [0.29, 0.717) is 18.2 Å². The van der Waals surface area contributed by atoms with Crippen molar-refractivity contribution in [1.29, 1.82) is 0 Å². The third kappa shape index (κ3) is 3.62. The van der Waals surface area contributed by atoms with Crippen molar-refractivity contribution in [2.24, 2.45) is 5.73 Å². The fraction of sp³-hybridized carbons (Fsp3) is 0.389. The molecule has 0 aliphatic carbocycles. The number of hydrogen-bond acceptors (Lipinski definition) is 6. The zero-order valence-corrected chi connectivity index (χ0v) is 14.6. The van der Waals surface area contributed by atoms with Gasteiger partial charge in [0, 0.05) is 19.1 Å². The molecular formula is C18H24N6O. The predicted octanol–water partition coefficient (Wildman–Crippen LogP) is 2.05. The van der Waals surface area contributed by atoms with E-state index in [1.54, 1.807) is 6.33 Å². The van der Waals surface area contributed by atoms with Gasteiger partial charge in [-0.2, -0.15) is 0 Å². The maximum absolute atomic E-state index is 9.58. The minimum absolute atomic E-state index is 0.0874. The van der Waals surface area contributed by atoms with Crippen LogP contribution in [0.2, 0.25) is 0 Å². The number of anilines is 1. The molecule has 0 aliphatic heterocycles. The summed E-state index contributed by atoms with van der Waals surface area (Å²) < 4.78 is 2.00. The van der Waals surface area contributed by atoms with Crippen molar-refractivity contribution in [2.45, 2.75) is 32.4 Å². The zero-order chi connectivity index (χ0) is 17.8. The van der Waals surface area contributed by atoms with Gasteiger partial charge < -0.3 is 20.7 Å². The number of aliphatic hydroxyl groups is 1. The molecular weight excluding hydrogens is 316 g/mol. The van der Waals surface area contributed by atoms with Crippen LogP contribution in [-0.4, -0.2) is 37.8 Å². The van der Waals surface area contributed by atoms with Gasteiger partial charge in [-0.1, -0.05) is 30.3 Å². The van der Waals surface area contributed by atoms with E-state index in [1.807, 2.05) is 22.8 Å². The lowest BCUT2D eigenvalue weighted by atomic mass is 10.1. The molecule has 4 N–H and O–H groups in total. The molecule has 1 aromatic carbocycles. The number of aromatic nitrogens is 4. The molecule has 0 bridgehead atoms. The molecule has 2 heterocycles. The summed E-state index contributed by atoms with van der Waals surface area (Å²) in [5.41, 5.74) is 8.39. The van der Waals surface area contributed by atoms with Crippen LogP contribution in [0, 0.1) is 0 Å². The summed E-state index contributed by atoms with van der Waals surface area (Å²) in [6.07, 6.45) is 1.78. The SMILES string of the molecule is CC(C)n1cnc2c(NCc3ccccc3)nc([C@@H](CN)CO)nc21. The molecule has 0 unspecified atom stereocenters. The Balaban J connectivity index is 2.02. The number of rotatable bonds is 7. The molecule has 7 heteroatoms. The quantitative estimate of drug-likeness (QED) is 0.608. The molecule has 25 heavy (non-hydrogen) atoms. The average Bonchev–Trinajstić information content (AvgIpc) is 3.06. The first kappa shape index (κ1) is 17.3. The van der Waals surface area contributed by atoms with Gasteiger partial charge >= 0.3 is 0 Å². The lowest BCUT2D eigenvalue weighted by Crippen LogP contribution is -2.20. The van der Waals surface area contributed by atoms with E-state index in [0.717, 1.165) is 16.7 Å². The Morgan fingerprint density at radius 1 is 1.20 bits per heavy atom. The van der Waals surface area contributed by atoms with E-state index in [2.05, 4.69) is 46.2 Å². The summed E-state index contributed by atoms with van der Waals surface area (Å²) in [5, 5.41) is 12.9. The van der Waals surface area contributed by atoms with Crippen LogP contribution in [0.25, 0.3) is 11.2 Å². The molecule has 132 valence electrons. The Kier molecular flexibility index (Phi) is 5.25. The highest BCUT2D eigenvalue weighted by atomic mass is 16.3. The average molecular weight is 340 g/mol. The third-order valence-electron chi connectivity index (χ3n) is 4.17. The number of nitrogens with zero attached hydrogens (tertiary/aromatic N) is 4. The Bertz CT molecular complexity index is 826. The number of hydrogen-bond donors (Lipinski definition) is 3. The number of nitrogens with one attached hydrogen (secondary N) is 1. The summed E-state index contributed by atoms with van der Waals surface area (Å²) in [7, 11) is 0. The van der Waals surface area contributed by atoms with Crippen molar-refractivity contribution in [1.82, 2.24) is 19.5 Å². The molecule has 3 aromatic rings. The van der Waals surface area contributed by atoms with Crippen LogP contribution in [0.1, 0.15) is 37.2 Å². The number of benzene rings is 1. The summed E-state index contributed by atoms with van der Waals surface area (Å²) in [5.74, 6) is 0.905. The topological polar surface area (TPSA) is 102 Å². The van der Waals surface area contributed by atoms with Gasteiger partial charge in [-0.05, 0) is 19.4 Å². The largest absolute Gasteiger partial charge is 0.396 e. The number of nitrogens with two attached hydrogens (primary N) is 1. The maximum Gasteiger partial charge on any atom is 0.166 e. The fourth-order valence-corrected chi connectivity index (χ4v) is 2.66. The van der Waals surface area contributed by atoms with Crippen LogP contribution in [0.4, 0.5) is 5.82 Å². The predicted molar refractivity (Wildman–Crippen MR) is 98.4 cm³/mol. The zero-order valence-electron chi connectivity index (χ0n) is 14.6. The first-order valence-electron chi connectivity index (χ1n) is 8.47. The molecule has 0 amide bonds. The molecule has 1 atom stereocenters. The van der Waals surface area contributed by atoms with Crippen molar-refractivity contribution >= 4 is 17.0 Å². The van der Waals surface area contributed by atoms with Crippen molar-refractivity contribution in [3.63, 3.8) is 0 Å². The normalized spacial score (nSPS) is 12.7. The second-order valence-electron chi connectivity index (χ2n) is 6.30. The first-order chi connectivity index (χ1) is 12.1. The maximum atomic E-state index is 9.58. The second kappa shape index (κ2) is 7.58. The Hall–Kier alpha value is -2.51. The molecule has 0 spiro atoms. The highest BCUT2D eigenvalue weighted by molar-refractivity contribution is 5.83.